The van der Waals surface area contributed by atoms with Crippen molar-refractivity contribution < 1.29 is 0 Å². The molecular weight excluding hydrogens is 184 g/mol. The third-order valence-electron chi connectivity index (χ3n) is 3.33. The summed E-state index contributed by atoms with van der Waals surface area (Å²) in [5, 5.41) is 3.40. The van der Waals surface area contributed by atoms with Crippen LogP contribution in [0.4, 0.5) is 5.69 Å². The van der Waals surface area contributed by atoms with Crippen molar-refractivity contribution in [2.24, 2.45) is 5.92 Å². The van der Waals surface area contributed by atoms with Crippen molar-refractivity contribution in [3.8, 4) is 0 Å². The number of nitrogens with two attached hydrogens (primary N) is 1. The maximum Gasteiger partial charge on any atom is 0.0316 e. The van der Waals surface area contributed by atoms with Crippen LogP contribution >= 0.6 is 0 Å². The predicted molar refractivity (Wildman–Crippen MR) is 64.9 cm³/mol. The molecule has 1 aliphatic heterocycles. The first-order valence-corrected chi connectivity index (χ1v) is 5.81. The van der Waals surface area contributed by atoms with Crippen LogP contribution in [0.15, 0.2) is 18.2 Å². The maximum absolute atomic E-state index is 5.75. The van der Waals surface area contributed by atoms with Crippen molar-refractivity contribution in [1.82, 2.24) is 5.32 Å². The van der Waals surface area contributed by atoms with E-state index in [0.717, 1.165) is 11.6 Å². The highest BCUT2D eigenvalue weighted by atomic mass is 14.9. The Morgan fingerprint density at radius 3 is 2.73 bits per heavy atom. The number of aryl methyl sites for hydroxylation is 1. The van der Waals surface area contributed by atoms with Gasteiger partial charge in [0.2, 0.25) is 0 Å². The van der Waals surface area contributed by atoms with Crippen LogP contribution in [0.1, 0.15) is 24.0 Å². The molecule has 1 aliphatic rings. The quantitative estimate of drug-likeness (QED) is 0.724. The van der Waals surface area contributed by atoms with Crippen molar-refractivity contribution in [3.05, 3.63) is 29.3 Å². The monoisotopic (exact) mass is 204 g/mol. The lowest BCUT2D eigenvalue weighted by molar-refractivity contribution is 0.372. The Bertz CT molecular complexity index is 327. The van der Waals surface area contributed by atoms with Crippen LogP contribution < -0.4 is 11.1 Å². The highest BCUT2D eigenvalue weighted by Crippen LogP contribution is 2.21. The van der Waals surface area contributed by atoms with Crippen LogP contribution in [0.2, 0.25) is 0 Å². The number of hydrogen-bond acceptors (Lipinski definition) is 2. The van der Waals surface area contributed by atoms with Crippen LogP contribution in [0.5, 0.6) is 0 Å². The Labute approximate surface area is 91.9 Å². The number of benzene rings is 1. The van der Waals surface area contributed by atoms with Crippen molar-refractivity contribution in [3.63, 3.8) is 0 Å². The normalized spacial score (nSPS) is 17.9. The van der Waals surface area contributed by atoms with Crippen molar-refractivity contribution in [2.75, 3.05) is 18.8 Å². The molecule has 0 bridgehead atoms. The fourth-order valence-electron chi connectivity index (χ4n) is 2.34. The smallest absolute Gasteiger partial charge is 0.0316 e. The van der Waals surface area contributed by atoms with Crippen LogP contribution in [-0.2, 0) is 6.42 Å². The first kappa shape index (κ1) is 10.5. The first-order valence-electron chi connectivity index (χ1n) is 5.81. The largest absolute Gasteiger partial charge is 0.399 e. The third kappa shape index (κ3) is 2.72. The molecular formula is C13H20N2. The molecule has 1 aromatic carbocycles. The SMILES string of the molecule is Cc1cc(N)ccc1CC1CCNCC1. The second-order valence-corrected chi connectivity index (χ2v) is 4.58. The van der Waals surface area contributed by atoms with E-state index in [4.69, 9.17) is 5.73 Å². The molecule has 0 amide bonds. The molecule has 2 heteroatoms. The molecule has 0 radical (unpaired) electrons. The lowest BCUT2D eigenvalue weighted by Crippen LogP contribution is -2.28. The minimum atomic E-state index is 0.855. The summed E-state index contributed by atoms with van der Waals surface area (Å²) in [5.74, 6) is 0.855. The van der Waals surface area contributed by atoms with Crippen LogP contribution in [0.25, 0.3) is 0 Å². The number of anilines is 1. The van der Waals surface area contributed by atoms with Gasteiger partial charge in [-0.05, 0) is 68.5 Å². The average molecular weight is 204 g/mol. The highest BCUT2D eigenvalue weighted by molar-refractivity contribution is 5.44. The van der Waals surface area contributed by atoms with E-state index < -0.39 is 0 Å². The zero-order chi connectivity index (χ0) is 10.7. The van der Waals surface area contributed by atoms with Crippen LogP contribution in [0.3, 0.4) is 0 Å². The molecule has 0 aromatic heterocycles. The number of rotatable bonds is 2. The summed E-state index contributed by atoms with van der Waals surface area (Å²) in [6, 6.07) is 6.28. The molecule has 0 saturated carbocycles. The summed E-state index contributed by atoms with van der Waals surface area (Å²) in [5.41, 5.74) is 9.44. The standard InChI is InChI=1S/C13H20N2/c1-10-8-13(14)3-2-12(10)9-11-4-6-15-7-5-11/h2-3,8,11,15H,4-7,9,14H2,1H3. The molecule has 1 heterocycles. The van der Waals surface area contributed by atoms with E-state index in [1.54, 1.807) is 0 Å². The van der Waals surface area contributed by atoms with Crippen LogP contribution in [-0.4, -0.2) is 13.1 Å². The summed E-state index contributed by atoms with van der Waals surface area (Å²) < 4.78 is 0. The minimum absolute atomic E-state index is 0.855. The van der Waals surface area contributed by atoms with Gasteiger partial charge in [0.15, 0.2) is 0 Å². The Hall–Kier alpha value is -1.02. The van der Waals surface area contributed by atoms with Crippen molar-refractivity contribution in [1.29, 1.82) is 0 Å². The van der Waals surface area contributed by atoms with Crippen LogP contribution in [0, 0.1) is 12.8 Å². The van der Waals surface area contributed by atoms with Gasteiger partial charge >= 0.3 is 0 Å². The van der Waals surface area contributed by atoms with Crippen molar-refractivity contribution >= 4 is 5.69 Å². The van der Waals surface area contributed by atoms with Gasteiger partial charge in [0.25, 0.3) is 0 Å². The minimum Gasteiger partial charge on any atom is -0.399 e. The average Bonchev–Trinajstić information content (AvgIpc) is 2.24. The molecule has 0 aliphatic carbocycles. The molecule has 2 nitrogen and oxygen atoms in total. The molecule has 1 fully saturated rings. The zero-order valence-corrected chi connectivity index (χ0v) is 9.42. The predicted octanol–water partition coefficient (Wildman–Crippen LogP) is 2.12. The molecule has 1 aromatic rings. The van der Waals surface area contributed by atoms with E-state index in [2.05, 4.69) is 24.4 Å². The number of nitrogen functional groups attached to an aromatic ring is 1. The number of piperidine rings is 1. The van der Waals surface area contributed by atoms with Gasteiger partial charge < -0.3 is 11.1 Å². The molecule has 82 valence electrons. The molecule has 3 N–H and O–H groups in total. The molecule has 0 atom stereocenters. The van der Waals surface area contributed by atoms with Gasteiger partial charge in [-0.1, -0.05) is 6.07 Å². The zero-order valence-electron chi connectivity index (χ0n) is 9.42. The molecule has 15 heavy (non-hydrogen) atoms. The number of nitrogens with one attached hydrogen (secondary N) is 1. The maximum atomic E-state index is 5.75. The first-order chi connectivity index (χ1) is 7.25. The van der Waals surface area contributed by atoms with E-state index >= 15 is 0 Å². The van der Waals surface area contributed by atoms with E-state index in [-0.39, 0.29) is 0 Å². The topological polar surface area (TPSA) is 38.0 Å². The van der Waals surface area contributed by atoms with E-state index in [1.807, 2.05) is 6.07 Å². The highest BCUT2D eigenvalue weighted by Gasteiger charge is 2.14. The summed E-state index contributed by atoms with van der Waals surface area (Å²) >= 11 is 0. The van der Waals surface area contributed by atoms with E-state index in [1.165, 1.54) is 43.5 Å². The Morgan fingerprint density at radius 2 is 2.07 bits per heavy atom. The van der Waals surface area contributed by atoms with E-state index in [0.29, 0.717) is 0 Å². The summed E-state index contributed by atoms with van der Waals surface area (Å²) in [6.45, 7) is 4.52. The van der Waals surface area contributed by atoms with Gasteiger partial charge in [0.1, 0.15) is 0 Å². The Morgan fingerprint density at radius 1 is 1.33 bits per heavy atom. The molecule has 0 spiro atoms. The van der Waals surface area contributed by atoms with Gasteiger partial charge in [0.05, 0.1) is 0 Å². The molecule has 1 saturated heterocycles. The lowest BCUT2D eigenvalue weighted by Gasteiger charge is -2.23. The Balaban J connectivity index is 2.03. The van der Waals surface area contributed by atoms with Gasteiger partial charge in [-0.3, -0.25) is 0 Å². The van der Waals surface area contributed by atoms with E-state index in [9.17, 15) is 0 Å². The van der Waals surface area contributed by atoms with Gasteiger partial charge in [-0.15, -0.1) is 0 Å². The fourth-order valence-corrected chi connectivity index (χ4v) is 2.34. The van der Waals surface area contributed by atoms with Gasteiger partial charge in [-0.25, -0.2) is 0 Å². The second-order valence-electron chi connectivity index (χ2n) is 4.58. The van der Waals surface area contributed by atoms with Gasteiger partial charge in [-0.2, -0.15) is 0 Å². The molecule has 0 unspecified atom stereocenters. The third-order valence-corrected chi connectivity index (χ3v) is 3.33. The Kier molecular flexibility index (Phi) is 3.27. The second kappa shape index (κ2) is 4.67. The number of hydrogen-bond donors (Lipinski definition) is 2. The summed E-state index contributed by atoms with van der Waals surface area (Å²) in [4.78, 5) is 0. The summed E-state index contributed by atoms with van der Waals surface area (Å²) in [6.07, 6.45) is 3.83. The van der Waals surface area contributed by atoms with Gasteiger partial charge in [0, 0.05) is 5.69 Å². The molecule has 2 rings (SSSR count). The fraction of sp³-hybridized carbons (Fsp3) is 0.538. The summed E-state index contributed by atoms with van der Waals surface area (Å²) in [7, 11) is 0. The van der Waals surface area contributed by atoms with Crippen molar-refractivity contribution in [2.45, 2.75) is 26.2 Å². The lowest BCUT2D eigenvalue weighted by atomic mass is 9.89.